The van der Waals surface area contributed by atoms with Crippen LogP contribution in [0.25, 0.3) is 16.7 Å². The molecule has 0 radical (unpaired) electrons. The summed E-state index contributed by atoms with van der Waals surface area (Å²) in [6, 6.07) is 8.05. The van der Waals surface area contributed by atoms with E-state index in [0.717, 1.165) is 16.7 Å². The van der Waals surface area contributed by atoms with E-state index in [0.29, 0.717) is 0 Å². The van der Waals surface area contributed by atoms with Gasteiger partial charge in [-0.2, -0.15) is 0 Å². The van der Waals surface area contributed by atoms with Gasteiger partial charge >= 0.3 is 0 Å². The smallest absolute Gasteiger partial charge is 0.113 e. The summed E-state index contributed by atoms with van der Waals surface area (Å²) in [6.07, 6.45) is 8.86. The summed E-state index contributed by atoms with van der Waals surface area (Å²) in [6.45, 7) is 2.08. The maximum absolute atomic E-state index is 5.99. The molecule has 1 aliphatic carbocycles. The van der Waals surface area contributed by atoms with Crippen molar-refractivity contribution in [2.24, 2.45) is 0 Å². The van der Waals surface area contributed by atoms with E-state index in [1.807, 2.05) is 22.9 Å². The Kier molecular flexibility index (Phi) is 2.67. The van der Waals surface area contributed by atoms with Crippen molar-refractivity contribution < 1.29 is 4.74 Å². The molecule has 1 saturated heterocycles. The third kappa shape index (κ3) is 1.86. The first-order chi connectivity index (χ1) is 9.78. The Morgan fingerprint density at radius 3 is 2.95 bits per heavy atom. The fraction of sp³-hybridized carbons (Fsp3) is 0.500. The van der Waals surface area contributed by atoms with Gasteiger partial charge in [-0.05, 0) is 38.0 Å². The number of para-hydroxylation sites is 1. The van der Waals surface area contributed by atoms with Gasteiger partial charge in [-0.3, -0.25) is 0 Å². The lowest BCUT2D eigenvalue weighted by atomic mass is 9.86. The number of hydrogen-bond acceptors (Lipinski definition) is 3. The van der Waals surface area contributed by atoms with Crippen molar-refractivity contribution in [3.05, 3.63) is 30.3 Å². The summed E-state index contributed by atoms with van der Waals surface area (Å²) in [5, 5.41) is 8.46. The standard InChI is InChI=1S/C16H19N3O/c1-12(11-15-16(20-15)9-5-2-6-10-16)19-14-8-4-3-7-13(14)17-18-19/h3-4,7-8,11,15H,2,5-6,9-10H2,1H3/b12-11+. The van der Waals surface area contributed by atoms with Crippen LogP contribution in [-0.2, 0) is 4.74 Å². The summed E-state index contributed by atoms with van der Waals surface area (Å²) in [7, 11) is 0. The number of allylic oxidation sites excluding steroid dienone is 1. The molecule has 1 aromatic carbocycles. The number of rotatable bonds is 2. The number of fused-ring (bicyclic) bond motifs is 1. The molecule has 20 heavy (non-hydrogen) atoms. The van der Waals surface area contributed by atoms with Crippen LogP contribution in [-0.4, -0.2) is 26.7 Å². The van der Waals surface area contributed by atoms with E-state index in [1.165, 1.54) is 32.1 Å². The van der Waals surface area contributed by atoms with E-state index in [1.54, 1.807) is 0 Å². The Balaban J connectivity index is 1.61. The van der Waals surface area contributed by atoms with Gasteiger partial charge in [0.05, 0.1) is 11.1 Å². The van der Waals surface area contributed by atoms with Crippen LogP contribution in [0.3, 0.4) is 0 Å². The lowest BCUT2D eigenvalue weighted by molar-refractivity contribution is 0.235. The summed E-state index contributed by atoms with van der Waals surface area (Å²) in [4.78, 5) is 0. The van der Waals surface area contributed by atoms with Crippen LogP contribution < -0.4 is 0 Å². The van der Waals surface area contributed by atoms with Gasteiger partial charge in [0.15, 0.2) is 0 Å². The van der Waals surface area contributed by atoms with Crippen LogP contribution in [0.15, 0.2) is 30.3 Å². The molecule has 2 fully saturated rings. The maximum Gasteiger partial charge on any atom is 0.113 e. The highest BCUT2D eigenvalue weighted by molar-refractivity contribution is 5.77. The molecule has 1 aromatic heterocycles. The minimum absolute atomic E-state index is 0.149. The molecule has 1 aliphatic heterocycles. The molecule has 0 amide bonds. The molecular formula is C16H19N3O. The van der Waals surface area contributed by atoms with Crippen molar-refractivity contribution in [3.63, 3.8) is 0 Å². The number of ether oxygens (including phenoxy) is 1. The van der Waals surface area contributed by atoms with Crippen molar-refractivity contribution in [1.29, 1.82) is 0 Å². The first-order valence-electron chi connectivity index (χ1n) is 7.46. The lowest BCUT2D eigenvalue weighted by Gasteiger charge is -2.17. The molecule has 0 bridgehead atoms. The number of epoxide rings is 1. The van der Waals surface area contributed by atoms with Crippen LogP contribution in [0.1, 0.15) is 39.0 Å². The monoisotopic (exact) mass is 269 g/mol. The van der Waals surface area contributed by atoms with Crippen molar-refractivity contribution >= 4 is 16.7 Å². The third-order valence-corrected chi connectivity index (χ3v) is 4.60. The second-order valence-corrected chi connectivity index (χ2v) is 5.96. The molecule has 4 rings (SSSR count). The quantitative estimate of drug-likeness (QED) is 0.785. The Bertz CT molecular complexity index is 667. The van der Waals surface area contributed by atoms with Crippen molar-refractivity contribution in [3.8, 4) is 0 Å². The molecule has 1 saturated carbocycles. The van der Waals surface area contributed by atoms with Crippen molar-refractivity contribution in [2.45, 2.75) is 50.7 Å². The van der Waals surface area contributed by atoms with Gasteiger partial charge in [0.2, 0.25) is 0 Å². The normalized spacial score (nSPS) is 25.2. The minimum Gasteiger partial charge on any atom is -0.362 e. The Morgan fingerprint density at radius 2 is 2.10 bits per heavy atom. The number of nitrogens with zero attached hydrogens (tertiary/aromatic N) is 3. The highest BCUT2D eigenvalue weighted by Crippen LogP contribution is 2.49. The van der Waals surface area contributed by atoms with Gasteiger partial charge in [0.1, 0.15) is 11.6 Å². The van der Waals surface area contributed by atoms with Crippen LogP contribution in [0.4, 0.5) is 0 Å². The lowest BCUT2D eigenvalue weighted by Crippen LogP contribution is -2.18. The van der Waals surface area contributed by atoms with E-state index >= 15 is 0 Å². The summed E-state index contributed by atoms with van der Waals surface area (Å²) >= 11 is 0. The first kappa shape index (κ1) is 12.1. The predicted molar refractivity (Wildman–Crippen MR) is 78.2 cm³/mol. The van der Waals surface area contributed by atoms with E-state index in [2.05, 4.69) is 29.4 Å². The van der Waals surface area contributed by atoms with Crippen LogP contribution in [0, 0.1) is 0 Å². The van der Waals surface area contributed by atoms with E-state index in [9.17, 15) is 0 Å². The fourth-order valence-electron chi connectivity index (χ4n) is 3.38. The zero-order chi connectivity index (χ0) is 13.6. The average Bonchev–Trinajstić information content (AvgIpc) is 2.96. The van der Waals surface area contributed by atoms with Gasteiger partial charge in [-0.15, -0.1) is 5.10 Å². The molecule has 4 nitrogen and oxygen atoms in total. The molecule has 2 heterocycles. The zero-order valence-corrected chi connectivity index (χ0v) is 11.7. The molecular weight excluding hydrogens is 250 g/mol. The average molecular weight is 269 g/mol. The van der Waals surface area contributed by atoms with Crippen LogP contribution in [0.5, 0.6) is 0 Å². The third-order valence-electron chi connectivity index (χ3n) is 4.60. The Hall–Kier alpha value is -1.68. The van der Waals surface area contributed by atoms with Crippen LogP contribution in [0.2, 0.25) is 0 Å². The van der Waals surface area contributed by atoms with E-state index in [-0.39, 0.29) is 11.7 Å². The van der Waals surface area contributed by atoms with Crippen molar-refractivity contribution in [2.75, 3.05) is 0 Å². The molecule has 1 atom stereocenters. The maximum atomic E-state index is 5.99. The van der Waals surface area contributed by atoms with Gasteiger partial charge in [0, 0.05) is 5.70 Å². The molecule has 4 heteroatoms. The predicted octanol–water partition coefficient (Wildman–Crippen LogP) is 3.39. The molecule has 1 spiro atoms. The number of benzene rings is 1. The minimum atomic E-state index is 0.149. The Labute approximate surface area is 118 Å². The van der Waals surface area contributed by atoms with Gasteiger partial charge < -0.3 is 4.74 Å². The zero-order valence-electron chi connectivity index (χ0n) is 11.7. The number of aromatic nitrogens is 3. The van der Waals surface area contributed by atoms with Gasteiger partial charge in [0.25, 0.3) is 0 Å². The van der Waals surface area contributed by atoms with Crippen LogP contribution >= 0.6 is 0 Å². The fourth-order valence-corrected chi connectivity index (χ4v) is 3.38. The van der Waals surface area contributed by atoms with Gasteiger partial charge in [-0.1, -0.05) is 36.6 Å². The molecule has 104 valence electrons. The molecule has 1 unspecified atom stereocenters. The highest BCUT2D eigenvalue weighted by Gasteiger charge is 2.54. The molecule has 2 aromatic rings. The van der Waals surface area contributed by atoms with E-state index in [4.69, 9.17) is 4.74 Å². The largest absolute Gasteiger partial charge is 0.362 e. The molecule has 0 N–H and O–H groups in total. The SMILES string of the molecule is C/C(=C\C1OC12CCCCC2)n1nnc2ccccc21. The molecule has 2 aliphatic rings. The first-order valence-corrected chi connectivity index (χ1v) is 7.46. The highest BCUT2D eigenvalue weighted by atomic mass is 16.6. The van der Waals surface area contributed by atoms with E-state index < -0.39 is 0 Å². The second kappa shape index (κ2) is 4.42. The summed E-state index contributed by atoms with van der Waals surface area (Å²) in [5.41, 5.74) is 3.24. The number of hydrogen-bond donors (Lipinski definition) is 0. The van der Waals surface area contributed by atoms with Gasteiger partial charge in [-0.25, -0.2) is 4.68 Å². The Morgan fingerprint density at radius 1 is 1.30 bits per heavy atom. The second-order valence-electron chi connectivity index (χ2n) is 5.96. The van der Waals surface area contributed by atoms with Crippen molar-refractivity contribution in [1.82, 2.24) is 15.0 Å². The summed E-state index contributed by atoms with van der Waals surface area (Å²) in [5.74, 6) is 0. The topological polar surface area (TPSA) is 43.2 Å². The summed E-state index contributed by atoms with van der Waals surface area (Å²) < 4.78 is 7.90.